The molecule has 0 aromatic heterocycles. The Morgan fingerprint density at radius 3 is 2.23 bits per heavy atom. The predicted octanol–water partition coefficient (Wildman–Crippen LogP) is 4.29. The molecular weight excluding hydrogens is 370 g/mol. The summed E-state index contributed by atoms with van der Waals surface area (Å²) in [5.41, 5.74) is 2.77. The van der Waals surface area contributed by atoms with Crippen molar-refractivity contribution >= 4 is 5.91 Å². The molecule has 4 heteroatoms. The highest BCUT2D eigenvalue weighted by molar-refractivity contribution is 5.76. The van der Waals surface area contributed by atoms with Gasteiger partial charge >= 0.3 is 0 Å². The van der Waals surface area contributed by atoms with Crippen LogP contribution in [0.3, 0.4) is 0 Å². The van der Waals surface area contributed by atoms with E-state index in [4.69, 9.17) is 0 Å². The van der Waals surface area contributed by atoms with Crippen LogP contribution in [0.25, 0.3) is 0 Å². The van der Waals surface area contributed by atoms with Crippen LogP contribution in [0.5, 0.6) is 0 Å². The molecule has 0 spiro atoms. The van der Waals surface area contributed by atoms with E-state index < -0.39 is 0 Å². The first-order chi connectivity index (χ1) is 14.5. The number of rotatable bonds is 5. The Bertz CT molecular complexity index is 685. The third-order valence-electron chi connectivity index (χ3n) is 8.00. The summed E-state index contributed by atoms with van der Waals surface area (Å²) in [4.78, 5) is 20.6. The van der Waals surface area contributed by atoms with E-state index in [1.165, 1.54) is 56.6 Å². The minimum absolute atomic E-state index is 0.412. The molecule has 4 nitrogen and oxygen atoms in total. The number of benzene rings is 1. The molecule has 30 heavy (non-hydrogen) atoms. The molecule has 2 saturated heterocycles. The quantitative estimate of drug-likeness (QED) is 0.723. The largest absolute Gasteiger partial charge is 0.343 e. The highest BCUT2D eigenvalue weighted by Crippen LogP contribution is 2.35. The van der Waals surface area contributed by atoms with Crippen molar-refractivity contribution in [1.29, 1.82) is 0 Å². The van der Waals surface area contributed by atoms with Crippen LogP contribution < -0.4 is 0 Å². The molecule has 166 valence electrons. The Morgan fingerprint density at radius 2 is 1.60 bits per heavy atom. The normalized spacial score (nSPS) is 27.1. The molecule has 2 aliphatic heterocycles. The van der Waals surface area contributed by atoms with Gasteiger partial charge in [0.2, 0.25) is 5.91 Å². The van der Waals surface area contributed by atoms with Crippen LogP contribution in [0.1, 0.15) is 69.4 Å². The van der Waals surface area contributed by atoms with E-state index in [1.807, 2.05) is 0 Å². The van der Waals surface area contributed by atoms with Gasteiger partial charge in [-0.25, -0.2) is 0 Å². The van der Waals surface area contributed by atoms with Crippen LogP contribution in [-0.2, 0) is 4.79 Å². The van der Waals surface area contributed by atoms with Gasteiger partial charge in [0, 0.05) is 57.8 Å². The number of carbonyl (C=O) groups is 1. The number of likely N-dealkylation sites (tertiary alicyclic amines) is 1. The van der Waals surface area contributed by atoms with Crippen molar-refractivity contribution in [1.82, 2.24) is 14.7 Å². The van der Waals surface area contributed by atoms with Crippen molar-refractivity contribution in [2.45, 2.75) is 77.3 Å². The summed E-state index contributed by atoms with van der Waals surface area (Å²) in [5.74, 6) is 1.60. The predicted molar refractivity (Wildman–Crippen MR) is 124 cm³/mol. The first-order valence-electron chi connectivity index (χ1n) is 12.3. The molecular formula is C26H41N3O. The number of aryl methyl sites for hydroxylation is 1. The van der Waals surface area contributed by atoms with E-state index in [9.17, 15) is 4.79 Å². The lowest BCUT2D eigenvalue weighted by Crippen LogP contribution is -2.53. The molecule has 1 saturated carbocycles. The van der Waals surface area contributed by atoms with Crippen LogP contribution in [0.4, 0.5) is 0 Å². The first-order valence-corrected chi connectivity index (χ1v) is 12.3. The van der Waals surface area contributed by atoms with Gasteiger partial charge < -0.3 is 4.90 Å². The van der Waals surface area contributed by atoms with Gasteiger partial charge in [0.15, 0.2) is 0 Å². The molecule has 3 fully saturated rings. The zero-order valence-corrected chi connectivity index (χ0v) is 19.4. The van der Waals surface area contributed by atoms with Gasteiger partial charge in [-0.05, 0) is 63.9 Å². The van der Waals surface area contributed by atoms with Gasteiger partial charge in [0.1, 0.15) is 0 Å². The number of piperidine rings is 1. The van der Waals surface area contributed by atoms with Crippen molar-refractivity contribution in [3.05, 3.63) is 35.4 Å². The Morgan fingerprint density at radius 1 is 0.933 bits per heavy atom. The Hall–Kier alpha value is -1.39. The zero-order valence-electron chi connectivity index (χ0n) is 19.4. The maximum absolute atomic E-state index is 13.1. The summed E-state index contributed by atoms with van der Waals surface area (Å²) >= 11 is 0. The molecule has 1 aliphatic carbocycles. The Kier molecular flexibility index (Phi) is 7.15. The van der Waals surface area contributed by atoms with E-state index in [2.05, 4.69) is 59.7 Å². The highest BCUT2D eigenvalue weighted by Gasteiger charge is 2.36. The molecule has 1 aromatic carbocycles. The number of nitrogens with zero attached hydrogens (tertiary/aromatic N) is 3. The van der Waals surface area contributed by atoms with Crippen LogP contribution in [0.15, 0.2) is 24.3 Å². The number of amides is 1. The second kappa shape index (κ2) is 9.82. The summed E-state index contributed by atoms with van der Waals surface area (Å²) in [6.07, 6.45) is 6.81. The standard InChI is InChI=1S/C26H41N3O/c1-20(2)27-15-17-28(18-16-27)25-6-4-5-24(25)19-26(30)29-13-11-23(12-14-29)22-9-7-21(3)8-10-22/h7-10,20,23-25H,4-6,11-19H2,1-3H3/t24?,25-/m0/s1. The lowest BCUT2D eigenvalue weighted by atomic mass is 9.88. The molecule has 1 amide bonds. The maximum Gasteiger partial charge on any atom is 0.222 e. The molecule has 0 bridgehead atoms. The van der Waals surface area contributed by atoms with Crippen LogP contribution in [-0.4, -0.2) is 72.0 Å². The number of piperazine rings is 1. The van der Waals surface area contributed by atoms with E-state index in [1.54, 1.807) is 0 Å². The van der Waals surface area contributed by atoms with Crippen LogP contribution in [0.2, 0.25) is 0 Å². The molecule has 4 rings (SSSR count). The van der Waals surface area contributed by atoms with E-state index in [0.29, 0.717) is 29.8 Å². The molecule has 2 atom stereocenters. The van der Waals surface area contributed by atoms with Crippen molar-refractivity contribution < 1.29 is 4.79 Å². The van der Waals surface area contributed by atoms with E-state index in [0.717, 1.165) is 32.4 Å². The van der Waals surface area contributed by atoms with Crippen molar-refractivity contribution in [2.24, 2.45) is 5.92 Å². The third kappa shape index (κ3) is 5.08. The summed E-state index contributed by atoms with van der Waals surface area (Å²) in [6, 6.07) is 10.3. The van der Waals surface area contributed by atoms with Gasteiger partial charge in [0.25, 0.3) is 0 Å². The molecule has 0 N–H and O–H groups in total. The summed E-state index contributed by atoms with van der Waals surface area (Å²) in [5, 5.41) is 0. The molecule has 2 heterocycles. The van der Waals surface area contributed by atoms with Gasteiger partial charge in [-0.15, -0.1) is 0 Å². The SMILES string of the molecule is Cc1ccc(C2CCN(C(=O)CC3CCC[C@@H]3N3CCN(C(C)C)CC3)CC2)cc1. The van der Waals surface area contributed by atoms with Gasteiger partial charge in [-0.1, -0.05) is 36.2 Å². The lowest BCUT2D eigenvalue weighted by molar-refractivity contribution is -0.133. The lowest BCUT2D eigenvalue weighted by Gasteiger charge is -2.42. The average Bonchev–Trinajstić information content (AvgIpc) is 3.22. The van der Waals surface area contributed by atoms with E-state index in [-0.39, 0.29) is 0 Å². The van der Waals surface area contributed by atoms with E-state index >= 15 is 0 Å². The topological polar surface area (TPSA) is 26.8 Å². The minimum Gasteiger partial charge on any atom is -0.343 e. The maximum atomic E-state index is 13.1. The number of carbonyl (C=O) groups excluding carboxylic acids is 1. The Labute approximate surface area is 183 Å². The van der Waals surface area contributed by atoms with Crippen LogP contribution in [0, 0.1) is 12.8 Å². The second-order valence-electron chi connectivity index (χ2n) is 10.2. The second-order valence-corrected chi connectivity index (χ2v) is 10.2. The highest BCUT2D eigenvalue weighted by atomic mass is 16.2. The average molecular weight is 412 g/mol. The molecule has 3 aliphatic rings. The van der Waals surface area contributed by atoms with Gasteiger partial charge in [-0.3, -0.25) is 14.6 Å². The summed E-state index contributed by atoms with van der Waals surface area (Å²) < 4.78 is 0. The van der Waals surface area contributed by atoms with Crippen molar-refractivity contribution in [3.63, 3.8) is 0 Å². The van der Waals surface area contributed by atoms with Gasteiger partial charge in [-0.2, -0.15) is 0 Å². The zero-order chi connectivity index (χ0) is 21.1. The van der Waals surface area contributed by atoms with Gasteiger partial charge in [0.05, 0.1) is 0 Å². The molecule has 0 radical (unpaired) electrons. The third-order valence-corrected chi connectivity index (χ3v) is 8.00. The fourth-order valence-corrected chi connectivity index (χ4v) is 5.98. The summed E-state index contributed by atoms with van der Waals surface area (Å²) in [7, 11) is 0. The first kappa shape index (κ1) is 21.8. The molecule has 1 aromatic rings. The monoisotopic (exact) mass is 411 g/mol. The number of hydrogen-bond acceptors (Lipinski definition) is 3. The fourth-order valence-electron chi connectivity index (χ4n) is 5.98. The smallest absolute Gasteiger partial charge is 0.222 e. The van der Waals surface area contributed by atoms with Crippen molar-refractivity contribution in [3.8, 4) is 0 Å². The number of hydrogen-bond donors (Lipinski definition) is 0. The Balaban J connectivity index is 1.26. The molecule has 1 unspecified atom stereocenters. The fraction of sp³-hybridized carbons (Fsp3) is 0.731. The van der Waals surface area contributed by atoms with Crippen molar-refractivity contribution in [2.75, 3.05) is 39.3 Å². The summed E-state index contributed by atoms with van der Waals surface area (Å²) in [6.45, 7) is 13.3. The van der Waals surface area contributed by atoms with Crippen LogP contribution >= 0.6 is 0 Å². The minimum atomic E-state index is 0.412.